The number of hydrogen-bond donors (Lipinski definition) is 4. The van der Waals surface area contributed by atoms with Gasteiger partial charge in [0.05, 0.1) is 0 Å². The van der Waals surface area contributed by atoms with E-state index in [0.717, 1.165) is 5.56 Å². The largest absolute Gasteiger partial charge is 0.339 e. The minimum atomic E-state index is -1.86. The second-order valence-corrected chi connectivity index (χ2v) is 8.95. The Hall–Kier alpha value is -2.06. The van der Waals surface area contributed by atoms with Gasteiger partial charge in [-0.1, -0.05) is 52.5 Å². The number of alkyl halides is 3. The van der Waals surface area contributed by atoms with Crippen LogP contribution in [0.5, 0.6) is 0 Å². The maximum Gasteiger partial charge on any atom is 0.252 e. The standard InChI is InChI=1S/C19H19Cl3N4O2S/c1-11-3-5-13(6-4-11)16(28)25-17(19(20,21)22)26-18(29)24-15-9-7-14(8-10-15)23-12(2)27/h3-10,17H,1-2H3,(H,23,27)(H,25,28)(H2,24,26,29). The van der Waals surface area contributed by atoms with E-state index in [1.807, 2.05) is 19.1 Å². The van der Waals surface area contributed by atoms with Crippen molar-refractivity contribution in [3.63, 3.8) is 0 Å². The van der Waals surface area contributed by atoms with E-state index < -0.39 is 15.9 Å². The highest BCUT2D eigenvalue weighted by Gasteiger charge is 2.34. The first-order valence-corrected chi connectivity index (χ1v) is 9.98. The lowest BCUT2D eigenvalue weighted by molar-refractivity contribution is -0.114. The molecule has 2 aromatic rings. The van der Waals surface area contributed by atoms with Crippen LogP contribution in [0.15, 0.2) is 48.5 Å². The number of aryl methyl sites for hydroxylation is 1. The van der Waals surface area contributed by atoms with Crippen LogP contribution in [0, 0.1) is 6.92 Å². The quantitative estimate of drug-likeness (QED) is 0.295. The smallest absolute Gasteiger partial charge is 0.252 e. The minimum Gasteiger partial charge on any atom is -0.339 e. The zero-order valence-electron chi connectivity index (χ0n) is 15.6. The van der Waals surface area contributed by atoms with Crippen LogP contribution in [0.2, 0.25) is 0 Å². The Morgan fingerprint density at radius 2 is 1.41 bits per heavy atom. The van der Waals surface area contributed by atoms with Crippen LogP contribution in [0.25, 0.3) is 0 Å². The molecule has 0 saturated heterocycles. The van der Waals surface area contributed by atoms with Crippen molar-refractivity contribution < 1.29 is 9.59 Å². The summed E-state index contributed by atoms with van der Waals surface area (Å²) in [7, 11) is 0. The second kappa shape index (κ2) is 10.1. The first-order valence-electron chi connectivity index (χ1n) is 8.44. The zero-order valence-corrected chi connectivity index (χ0v) is 18.6. The Labute approximate surface area is 189 Å². The van der Waals surface area contributed by atoms with Crippen molar-refractivity contribution in [1.82, 2.24) is 10.6 Å². The molecular weight excluding hydrogens is 455 g/mol. The molecule has 1 atom stereocenters. The molecule has 4 N–H and O–H groups in total. The van der Waals surface area contributed by atoms with Crippen molar-refractivity contribution in [1.29, 1.82) is 0 Å². The van der Waals surface area contributed by atoms with Crippen LogP contribution in [-0.2, 0) is 4.79 Å². The predicted molar refractivity (Wildman–Crippen MR) is 123 cm³/mol. The highest BCUT2D eigenvalue weighted by atomic mass is 35.6. The van der Waals surface area contributed by atoms with E-state index in [1.54, 1.807) is 36.4 Å². The van der Waals surface area contributed by atoms with Crippen LogP contribution >= 0.6 is 47.0 Å². The van der Waals surface area contributed by atoms with Gasteiger partial charge in [-0.3, -0.25) is 9.59 Å². The number of amides is 2. The first kappa shape index (κ1) is 23.2. The van der Waals surface area contributed by atoms with Crippen molar-refractivity contribution >= 4 is 75.3 Å². The van der Waals surface area contributed by atoms with Crippen LogP contribution in [0.4, 0.5) is 11.4 Å². The lowest BCUT2D eigenvalue weighted by atomic mass is 10.1. The highest BCUT2D eigenvalue weighted by molar-refractivity contribution is 7.80. The first-order chi connectivity index (χ1) is 13.5. The number of hydrogen-bond acceptors (Lipinski definition) is 3. The average Bonchev–Trinajstić information content (AvgIpc) is 2.62. The number of carbonyl (C=O) groups is 2. The van der Waals surface area contributed by atoms with Gasteiger partial charge in [-0.25, -0.2) is 0 Å². The Kier molecular flexibility index (Phi) is 8.10. The van der Waals surface area contributed by atoms with Gasteiger partial charge in [0.25, 0.3) is 5.91 Å². The molecule has 0 radical (unpaired) electrons. The fourth-order valence-electron chi connectivity index (χ4n) is 2.26. The van der Waals surface area contributed by atoms with Gasteiger partial charge in [-0.05, 0) is 55.5 Å². The fourth-order valence-corrected chi connectivity index (χ4v) is 2.82. The topological polar surface area (TPSA) is 82.3 Å². The van der Waals surface area contributed by atoms with E-state index in [-0.39, 0.29) is 11.0 Å². The molecule has 0 saturated carbocycles. The SMILES string of the molecule is CC(=O)Nc1ccc(NC(=S)NC(NC(=O)c2ccc(C)cc2)C(Cl)(Cl)Cl)cc1. The summed E-state index contributed by atoms with van der Waals surface area (Å²) >= 11 is 23.2. The summed E-state index contributed by atoms with van der Waals surface area (Å²) < 4.78 is -1.86. The number of nitrogens with one attached hydrogen (secondary N) is 4. The third-order valence-corrected chi connectivity index (χ3v) is 4.53. The van der Waals surface area contributed by atoms with Gasteiger partial charge >= 0.3 is 0 Å². The number of rotatable bonds is 5. The van der Waals surface area contributed by atoms with E-state index in [4.69, 9.17) is 47.0 Å². The maximum absolute atomic E-state index is 12.5. The molecule has 2 aromatic carbocycles. The molecule has 0 spiro atoms. The average molecular weight is 474 g/mol. The summed E-state index contributed by atoms with van der Waals surface area (Å²) in [6.07, 6.45) is -1.08. The summed E-state index contributed by atoms with van der Waals surface area (Å²) in [5.41, 5.74) is 2.73. The van der Waals surface area contributed by atoms with Gasteiger partial charge in [-0.2, -0.15) is 0 Å². The third-order valence-electron chi connectivity index (χ3n) is 3.66. The highest BCUT2D eigenvalue weighted by Crippen LogP contribution is 2.29. The predicted octanol–water partition coefficient (Wildman–Crippen LogP) is 4.37. The Bertz CT molecular complexity index is 884. The van der Waals surface area contributed by atoms with Crippen molar-refractivity contribution in [3.05, 3.63) is 59.7 Å². The monoisotopic (exact) mass is 472 g/mol. The van der Waals surface area contributed by atoms with Crippen molar-refractivity contribution in [2.45, 2.75) is 23.8 Å². The van der Waals surface area contributed by atoms with E-state index in [0.29, 0.717) is 16.9 Å². The van der Waals surface area contributed by atoms with Gasteiger partial charge in [0, 0.05) is 23.9 Å². The molecule has 1 unspecified atom stereocenters. The second-order valence-electron chi connectivity index (χ2n) is 6.17. The Morgan fingerprint density at radius 1 is 0.897 bits per heavy atom. The lowest BCUT2D eigenvalue weighted by Crippen LogP contribution is -2.56. The van der Waals surface area contributed by atoms with E-state index in [2.05, 4.69) is 21.3 Å². The van der Waals surface area contributed by atoms with Gasteiger partial charge in [0.2, 0.25) is 9.70 Å². The molecule has 2 rings (SSSR count). The molecule has 10 heteroatoms. The summed E-state index contributed by atoms with van der Waals surface area (Å²) in [5.74, 6) is -0.589. The zero-order chi connectivity index (χ0) is 21.6. The molecule has 0 bridgehead atoms. The summed E-state index contributed by atoms with van der Waals surface area (Å²) in [6, 6.07) is 13.8. The van der Waals surface area contributed by atoms with E-state index >= 15 is 0 Å². The summed E-state index contributed by atoms with van der Waals surface area (Å²) in [6.45, 7) is 3.34. The normalized spacial score (nSPS) is 11.9. The number of thiocarbonyl (C=S) groups is 1. The number of benzene rings is 2. The molecule has 0 aliphatic rings. The minimum absolute atomic E-state index is 0.137. The number of anilines is 2. The molecule has 0 aromatic heterocycles. The van der Waals surface area contributed by atoms with Gasteiger partial charge in [0.15, 0.2) is 5.11 Å². The number of halogens is 3. The molecular formula is C19H19Cl3N4O2S. The number of carbonyl (C=O) groups excluding carboxylic acids is 2. The molecule has 0 aliphatic heterocycles. The molecule has 154 valence electrons. The molecule has 0 fully saturated rings. The van der Waals surface area contributed by atoms with Crippen LogP contribution in [-0.4, -0.2) is 26.9 Å². The molecule has 2 amide bonds. The molecule has 0 heterocycles. The van der Waals surface area contributed by atoms with Crippen LogP contribution < -0.4 is 21.3 Å². The van der Waals surface area contributed by atoms with Gasteiger partial charge < -0.3 is 21.3 Å². The lowest BCUT2D eigenvalue weighted by Gasteiger charge is -2.27. The van der Waals surface area contributed by atoms with Crippen LogP contribution in [0.1, 0.15) is 22.8 Å². The van der Waals surface area contributed by atoms with E-state index in [9.17, 15) is 9.59 Å². The maximum atomic E-state index is 12.5. The molecule has 0 aliphatic carbocycles. The third kappa shape index (κ3) is 7.70. The Balaban J connectivity index is 2.02. The van der Waals surface area contributed by atoms with Crippen molar-refractivity contribution in [3.8, 4) is 0 Å². The Morgan fingerprint density at radius 3 is 1.90 bits per heavy atom. The molecule has 6 nitrogen and oxygen atoms in total. The van der Waals surface area contributed by atoms with Crippen molar-refractivity contribution in [2.24, 2.45) is 0 Å². The van der Waals surface area contributed by atoms with Crippen LogP contribution in [0.3, 0.4) is 0 Å². The van der Waals surface area contributed by atoms with Gasteiger partial charge in [0.1, 0.15) is 6.17 Å². The summed E-state index contributed by atoms with van der Waals surface area (Å²) in [4.78, 5) is 23.5. The molecule has 29 heavy (non-hydrogen) atoms. The van der Waals surface area contributed by atoms with Gasteiger partial charge in [-0.15, -0.1) is 0 Å². The fraction of sp³-hybridized carbons (Fsp3) is 0.211. The van der Waals surface area contributed by atoms with Crippen molar-refractivity contribution in [2.75, 3.05) is 10.6 Å². The summed E-state index contributed by atoms with van der Waals surface area (Å²) in [5, 5.41) is 11.1. The van der Waals surface area contributed by atoms with E-state index in [1.165, 1.54) is 6.92 Å².